The van der Waals surface area contributed by atoms with Crippen LogP contribution < -0.4 is 5.32 Å². The minimum Gasteiger partial charge on any atom is -0.480 e. The Kier molecular flexibility index (Phi) is 11.1. The zero-order valence-electron chi connectivity index (χ0n) is 27.4. The van der Waals surface area contributed by atoms with Crippen molar-refractivity contribution in [1.29, 1.82) is 0 Å². The number of morpholine rings is 1. The molecule has 12 heteroatoms. The van der Waals surface area contributed by atoms with Gasteiger partial charge in [0.05, 0.1) is 30.2 Å². The molecule has 1 aromatic heterocycles. The van der Waals surface area contributed by atoms with Gasteiger partial charge in [0, 0.05) is 80.2 Å². The lowest BCUT2D eigenvalue weighted by Crippen LogP contribution is -2.37. The molecular weight excluding hydrogens is 662 g/mol. The van der Waals surface area contributed by atoms with Crippen LogP contribution in [0.25, 0.3) is 11.3 Å². The van der Waals surface area contributed by atoms with Crippen LogP contribution in [0.2, 0.25) is 5.02 Å². The van der Waals surface area contributed by atoms with E-state index < -0.39 is 22.0 Å². The van der Waals surface area contributed by atoms with Gasteiger partial charge in [0.2, 0.25) is 10.0 Å². The van der Waals surface area contributed by atoms with E-state index in [1.807, 2.05) is 60.7 Å². The maximum Gasteiger partial charge on any atom is 0.325 e. The molecule has 0 spiro atoms. The highest BCUT2D eigenvalue weighted by Gasteiger charge is 2.30. The van der Waals surface area contributed by atoms with Gasteiger partial charge in [-0.15, -0.1) is 0 Å². The van der Waals surface area contributed by atoms with Crippen molar-refractivity contribution >= 4 is 27.6 Å². The van der Waals surface area contributed by atoms with Gasteiger partial charge in [0.15, 0.2) is 0 Å². The van der Waals surface area contributed by atoms with Crippen molar-refractivity contribution in [3.05, 3.63) is 111 Å². The first kappa shape index (κ1) is 34.8. The number of rotatable bonds is 11. The van der Waals surface area contributed by atoms with Gasteiger partial charge >= 0.3 is 5.97 Å². The molecule has 2 aliphatic heterocycles. The molecule has 2 N–H and O–H groups in total. The van der Waals surface area contributed by atoms with E-state index in [9.17, 15) is 18.3 Å². The SMILES string of the molecule is CS(=O)(=O)N1CCc2c(c(-c3ccc(Cl)c(C#Cc4ccc(CN[C@H](C(=O)O)c5ccccc5)cc4)c3)nn2CCCN2CCOCC2)C1. The minimum atomic E-state index is -3.37. The molecule has 4 aromatic rings. The number of carboxylic acids is 1. The average molecular weight is 702 g/mol. The predicted octanol–water partition coefficient (Wildman–Crippen LogP) is 4.56. The highest BCUT2D eigenvalue weighted by atomic mass is 35.5. The van der Waals surface area contributed by atoms with Crippen LogP contribution in [0.4, 0.5) is 0 Å². The summed E-state index contributed by atoms with van der Waals surface area (Å²) in [5.41, 5.74) is 6.64. The number of hydrogen-bond acceptors (Lipinski definition) is 7. The Morgan fingerprint density at radius 1 is 1.02 bits per heavy atom. The lowest BCUT2D eigenvalue weighted by molar-refractivity contribution is -0.139. The molecule has 0 radical (unpaired) electrons. The van der Waals surface area contributed by atoms with Gasteiger partial charge in [-0.05, 0) is 41.8 Å². The van der Waals surface area contributed by atoms with Gasteiger partial charge in [-0.1, -0.05) is 72.0 Å². The number of hydrogen-bond donors (Lipinski definition) is 2. The number of aliphatic carboxylic acids is 1. The second kappa shape index (κ2) is 15.7. The van der Waals surface area contributed by atoms with Crippen LogP contribution in [0.1, 0.15) is 46.0 Å². The average Bonchev–Trinajstić information content (AvgIpc) is 3.47. The number of aromatic nitrogens is 2. The topological polar surface area (TPSA) is 117 Å². The summed E-state index contributed by atoms with van der Waals surface area (Å²) in [7, 11) is -3.37. The third kappa shape index (κ3) is 8.78. The summed E-state index contributed by atoms with van der Waals surface area (Å²) in [6.45, 7) is 6.18. The summed E-state index contributed by atoms with van der Waals surface area (Å²) in [6, 6.07) is 21.6. The first-order chi connectivity index (χ1) is 23.7. The number of halogens is 1. The van der Waals surface area contributed by atoms with E-state index in [-0.39, 0.29) is 6.54 Å². The van der Waals surface area contributed by atoms with E-state index >= 15 is 0 Å². The van der Waals surface area contributed by atoms with Crippen molar-refractivity contribution < 1.29 is 23.1 Å². The molecule has 0 unspecified atom stereocenters. The lowest BCUT2D eigenvalue weighted by atomic mass is 10.0. The maximum atomic E-state index is 12.5. The van der Waals surface area contributed by atoms with E-state index in [4.69, 9.17) is 21.4 Å². The smallest absolute Gasteiger partial charge is 0.325 e. The van der Waals surface area contributed by atoms with Gasteiger partial charge in [0.25, 0.3) is 0 Å². The van der Waals surface area contributed by atoms with Crippen LogP contribution in [0, 0.1) is 11.8 Å². The number of aryl methyl sites for hydroxylation is 1. The monoisotopic (exact) mass is 701 g/mol. The molecule has 3 heterocycles. The van der Waals surface area contributed by atoms with Gasteiger partial charge < -0.3 is 9.84 Å². The summed E-state index contributed by atoms with van der Waals surface area (Å²) in [5, 5.41) is 18.4. The molecule has 6 rings (SSSR count). The highest BCUT2D eigenvalue weighted by molar-refractivity contribution is 7.88. The van der Waals surface area contributed by atoms with Crippen LogP contribution in [0.3, 0.4) is 0 Å². The van der Waals surface area contributed by atoms with Crippen molar-refractivity contribution in [3.63, 3.8) is 0 Å². The molecule has 1 atom stereocenters. The number of nitrogens with one attached hydrogen (secondary N) is 1. The Morgan fingerprint density at radius 3 is 2.49 bits per heavy atom. The maximum absolute atomic E-state index is 12.5. The number of carboxylic acid groups (broad SMARTS) is 1. The quantitative estimate of drug-likeness (QED) is 0.219. The molecule has 0 amide bonds. The largest absolute Gasteiger partial charge is 0.480 e. The molecule has 0 saturated carbocycles. The van der Waals surface area contributed by atoms with Crippen LogP contribution in [0.5, 0.6) is 0 Å². The summed E-state index contributed by atoms with van der Waals surface area (Å²) >= 11 is 6.61. The molecule has 0 bridgehead atoms. The van der Waals surface area contributed by atoms with E-state index in [2.05, 4.69) is 26.7 Å². The molecule has 10 nitrogen and oxygen atoms in total. The van der Waals surface area contributed by atoms with Crippen molar-refractivity contribution in [2.24, 2.45) is 0 Å². The van der Waals surface area contributed by atoms with E-state index in [1.54, 1.807) is 12.1 Å². The molecular formula is C37H40ClN5O5S. The lowest BCUT2D eigenvalue weighted by Gasteiger charge is -2.27. The Labute approximate surface area is 292 Å². The van der Waals surface area contributed by atoms with E-state index in [0.29, 0.717) is 35.7 Å². The van der Waals surface area contributed by atoms with Gasteiger partial charge in [-0.2, -0.15) is 9.40 Å². The van der Waals surface area contributed by atoms with Crippen molar-refractivity contribution in [2.75, 3.05) is 45.6 Å². The molecule has 3 aromatic carbocycles. The fourth-order valence-electron chi connectivity index (χ4n) is 6.26. The number of sulfonamides is 1. The fourth-order valence-corrected chi connectivity index (χ4v) is 7.21. The Balaban J connectivity index is 1.19. The number of fused-ring (bicyclic) bond motifs is 1. The third-order valence-electron chi connectivity index (χ3n) is 8.94. The third-order valence-corrected chi connectivity index (χ3v) is 10.5. The van der Waals surface area contributed by atoms with E-state index in [1.165, 1.54) is 10.6 Å². The van der Waals surface area contributed by atoms with Crippen molar-refractivity contribution in [2.45, 2.75) is 38.5 Å². The zero-order valence-corrected chi connectivity index (χ0v) is 29.0. The number of benzene rings is 3. The predicted molar refractivity (Wildman–Crippen MR) is 190 cm³/mol. The number of carbonyl (C=O) groups is 1. The van der Waals surface area contributed by atoms with Gasteiger partial charge in [0.1, 0.15) is 6.04 Å². The summed E-state index contributed by atoms with van der Waals surface area (Å²) in [6.07, 6.45) is 2.78. The minimum absolute atomic E-state index is 0.274. The highest BCUT2D eigenvalue weighted by Crippen LogP contribution is 2.33. The summed E-state index contributed by atoms with van der Waals surface area (Å²) in [5.74, 6) is 5.46. The Hall–Kier alpha value is -4.02. The summed E-state index contributed by atoms with van der Waals surface area (Å²) < 4.78 is 34.1. The van der Waals surface area contributed by atoms with E-state index in [0.717, 1.165) is 79.5 Å². The van der Waals surface area contributed by atoms with Gasteiger partial charge in [-0.3, -0.25) is 19.7 Å². The molecule has 2 aliphatic rings. The summed E-state index contributed by atoms with van der Waals surface area (Å²) in [4.78, 5) is 14.2. The number of nitrogens with zero attached hydrogens (tertiary/aromatic N) is 4. The Bertz CT molecular complexity index is 1950. The number of ether oxygens (including phenoxy) is 1. The molecule has 256 valence electrons. The standard InChI is InChI=1S/C37H40ClN5O5S/c1-49(46,47)42-19-16-34-32(26-42)35(40-43(34)18-5-17-41-20-22-48-23-21-41)31-14-15-33(38)30(24-31)13-12-27-8-10-28(11-9-27)25-39-36(37(44)45)29-6-3-2-4-7-29/h2-4,6-11,14-15,24,36,39H,5,16-23,25-26H2,1H3,(H,44,45)/t36-/m0/s1. The van der Waals surface area contributed by atoms with Crippen LogP contribution >= 0.6 is 11.6 Å². The van der Waals surface area contributed by atoms with Crippen molar-refractivity contribution in [1.82, 2.24) is 24.3 Å². The molecule has 1 fully saturated rings. The zero-order chi connectivity index (χ0) is 34.4. The molecule has 1 saturated heterocycles. The van der Waals surface area contributed by atoms with Gasteiger partial charge in [-0.25, -0.2) is 8.42 Å². The van der Waals surface area contributed by atoms with Crippen LogP contribution in [0.15, 0.2) is 72.8 Å². The first-order valence-corrected chi connectivity index (χ1v) is 18.6. The van der Waals surface area contributed by atoms with Crippen LogP contribution in [-0.4, -0.2) is 84.1 Å². The fraction of sp³-hybridized carbons (Fsp3) is 0.351. The first-order valence-electron chi connectivity index (χ1n) is 16.4. The van der Waals surface area contributed by atoms with Crippen molar-refractivity contribution in [3.8, 4) is 23.1 Å². The Morgan fingerprint density at radius 2 is 1.78 bits per heavy atom. The molecule has 0 aliphatic carbocycles. The molecule has 49 heavy (non-hydrogen) atoms. The van der Waals surface area contributed by atoms with Crippen LogP contribution in [-0.2, 0) is 45.6 Å². The normalized spacial score (nSPS) is 16.0. The second-order valence-electron chi connectivity index (χ2n) is 12.4. The second-order valence-corrected chi connectivity index (χ2v) is 14.7.